The summed E-state index contributed by atoms with van der Waals surface area (Å²) >= 11 is 0. The van der Waals surface area contributed by atoms with Gasteiger partial charge in [-0.3, -0.25) is 4.79 Å². The van der Waals surface area contributed by atoms with Crippen molar-refractivity contribution in [3.05, 3.63) is 58.5 Å². The maximum Gasteiger partial charge on any atom is 0.250 e. The molecular weight excluding hydrogens is 240 g/mol. The van der Waals surface area contributed by atoms with E-state index in [1.165, 1.54) is 0 Å². The van der Waals surface area contributed by atoms with Crippen LogP contribution < -0.4 is 16.0 Å². The average molecular weight is 258 g/mol. The molecule has 19 heavy (non-hydrogen) atoms. The van der Waals surface area contributed by atoms with Crippen molar-refractivity contribution >= 4 is 5.69 Å². The van der Waals surface area contributed by atoms with Crippen molar-refractivity contribution < 1.29 is 4.74 Å². The zero-order valence-electron chi connectivity index (χ0n) is 11.0. The summed E-state index contributed by atoms with van der Waals surface area (Å²) in [6, 6.07) is 10.9. The highest BCUT2D eigenvalue weighted by Crippen LogP contribution is 2.14. The van der Waals surface area contributed by atoms with Gasteiger partial charge in [0.25, 0.3) is 5.56 Å². The van der Waals surface area contributed by atoms with Gasteiger partial charge >= 0.3 is 0 Å². The minimum atomic E-state index is 0.0314. The van der Waals surface area contributed by atoms with Crippen molar-refractivity contribution in [1.82, 2.24) is 4.57 Å². The van der Waals surface area contributed by atoms with Crippen molar-refractivity contribution in [1.29, 1.82) is 0 Å². The van der Waals surface area contributed by atoms with Crippen LogP contribution in [0.5, 0.6) is 5.75 Å². The van der Waals surface area contributed by atoms with Gasteiger partial charge < -0.3 is 15.0 Å². The summed E-state index contributed by atoms with van der Waals surface area (Å²) in [4.78, 5) is 11.7. The Morgan fingerprint density at radius 1 is 1.26 bits per heavy atom. The van der Waals surface area contributed by atoms with Crippen molar-refractivity contribution in [2.75, 3.05) is 12.3 Å². The molecule has 0 aliphatic rings. The Balaban J connectivity index is 1.82. The molecule has 0 radical (unpaired) electrons. The number of benzene rings is 1. The monoisotopic (exact) mass is 258 g/mol. The number of aryl methyl sites for hydroxylation is 2. The van der Waals surface area contributed by atoms with Gasteiger partial charge in [-0.05, 0) is 37.1 Å². The van der Waals surface area contributed by atoms with Gasteiger partial charge in [0.15, 0.2) is 0 Å². The quantitative estimate of drug-likeness (QED) is 0.660. The second-order valence-electron chi connectivity index (χ2n) is 4.51. The first-order valence-corrected chi connectivity index (χ1v) is 6.30. The van der Waals surface area contributed by atoms with E-state index in [1.54, 1.807) is 16.7 Å². The predicted octanol–water partition coefficient (Wildman–Crippen LogP) is 2.21. The number of aromatic nitrogens is 1. The largest absolute Gasteiger partial charge is 0.493 e. The van der Waals surface area contributed by atoms with Crippen LogP contribution in [0.1, 0.15) is 12.0 Å². The Morgan fingerprint density at radius 3 is 2.84 bits per heavy atom. The van der Waals surface area contributed by atoms with Crippen molar-refractivity contribution in [2.45, 2.75) is 19.9 Å². The summed E-state index contributed by atoms with van der Waals surface area (Å²) in [7, 11) is 0. The number of anilines is 1. The van der Waals surface area contributed by atoms with E-state index in [0.29, 0.717) is 18.8 Å². The minimum absolute atomic E-state index is 0.0314. The zero-order chi connectivity index (χ0) is 13.7. The third-order valence-electron chi connectivity index (χ3n) is 2.82. The van der Waals surface area contributed by atoms with E-state index in [9.17, 15) is 4.79 Å². The molecule has 0 amide bonds. The molecule has 1 heterocycles. The molecule has 0 saturated carbocycles. The van der Waals surface area contributed by atoms with Gasteiger partial charge in [-0.2, -0.15) is 0 Å². The Kier molecular flexibility index (Phi) is 4.23. The highest BCUT2D eigenvalue weighted by Gasteiger charge is 1.97. The molecule has 2 aromatic rings. The number of nitrogen functional groups attached to an aromatic ring is 1. The number of ether oxygens (including phenoxy) is 1. The van der Waals surface area contributed by atoms with E-state index in [1.807, 2.05) is 37.4 Å². The van der Waals surface area contributed by atoms with Gasteiger partial charge in [0.1, 0.15) is 5.75 Å². The van der Waals surface area contributed by atoms with Gasteiger partial charge in [0, 0.05) is 30.6 Å². The summed E-state index contributed by atoms with van der Waals surface area (Å²) in [6.45, 7) is 3.12. The Bertz CT molecular complexity index is 605. The third kappa shape index (κ3) is 3.88. The van der Waals surface area contributed by atoms with Gasteiger partial charge in [-0.25, -0.2) is 0 Å². The van der Waals surface area contributed by atoms with Gasteiger partial charge in [-0.1, -0.05) is 6.07 Å². The molecule has 0 spiro atoms. The Hall–Kier alpha value is -2.23. The minimum Gasteiger partial charge on any atom is -0.493 e. The number of nitrogens with two attached hydrogens (primary N) is 1. The molecule has 0 atom stereocenters. The molecule has 0 fully saturated rings. The fourth-order valence-corrected chi connectivity index (χ4v) is 1.82. The van der Waals surface area contributed by atoms with Crippen LogP contribution in [0.25, 0.3) is 0 Å². The second-order valence-corrected chi connectivity index (χ2v) is 4.51. The fraction of sp³-hybridized carbons (Fsp3) is 0.267. The van der Waals surface area contributed by atoms with Crippen LogP contribution in [-0.4, -0.2) is 11.2 Å². The molecule has 4 heteroatoms. The molecule has 2 N–H and O–H groups in total. The Labute approximate surface area is 112 Å². The number of hydrogen-bond donors (Lipinski definition) is 1. The third-order valence-corrected chi connectivity index (χ3v) is 2.82. The van der Waals surface area contributed by atoms with E-state index < -0.39 is 0 Å². The lowest BCUT2D eigenvalue weighted by Gasteiger charge is -2.08. The molecule has 0 bridgehead atoms. The van der Waals surface area contributed by atoms with E-state index >= 15 is 0 Å². The first kappa shape index (κ1) is 13.2. The summed E-state index contributed by atoms with van der Waals surface area (Å²) < 4.78 is 7.27. The second kappa shape index (κ2) is 6.09. The van der Waals surface area contributed by atoms with Gasteiger partial charge in [-0.15, -0.1) is 0 Å². The number of nitrogens with zero attached hydrogens (tertiary/aromatic N) is 1. The van der Waals surface area contributed by atoms with Crippen LogP contribution >= 0.6 is 0 Å². The smallest absolute Gasteiger partial charge is 0.250 e. The molecule has 1 aromatic heterocycles. The van der Waals surface area contributed by atoms with Crippen LogP contribution in [0.4, 0.5) is 5.69 Å². The van der Waals surface area contributed by atoms with Crippen molar-refractivity contribution in [2.24, 2.45) is 0 Å². The van der Waals surface area contributed by atoms with Crippen LogP contribution in [0, 0.1) is 6.92 Å². The maximum absolute atomic E-state index is 11.7. The molecule has 0 saturated heterocycles. The van der Waals surface area contributed by atoms with E-state index in [-0.39, 0.29) is 5.56 Å². The lowest BCUT2D eigenvalue weighted by Crippen LogP contribution is -2.19. The molecular formula is C15H18N2O2. The van der Waals surface area contributed by atoms with Crippen molar-refractivity contribution in [3.63, 3.8) is 0 Å². The lowest BCUT2D eigenvalue weighted by atomic mass is 10.3. The van der Waals surface area contributed by atoms with Gasteiger partial charge in [0.05, 0.1) is 6.61 Å². The van der Waals surface area contributed by atoms with E-state index in [4.69, 9.17) is 10.5 Å². The normalized spacial score (nSPS) is 10.4. The standard InChI is InChI=1S/C15H18N2O2/c1-12-6-8-17(15(18)10-12)7-3-9-19-14-5-2-4-13(16)11-14/h2,4-6,8,10-11H,3,7,9,16H2,1H3. The highest BCUT2D eigenvalue weighted by atomic mass is 16.5. The predicted molar refractivity (Wildman–Crippen MR) is 76.4 cm³/mol. The number of pyridine rings is 1. The number of rotatable bonds is 5. The molecule has 1 aromatic carbocycles. The Morgan fingerprint density at radius 2 is 2.11 bits per heavy atom. The molecule has 4 nitrogen and oxygen atoms in total. The van der Waals surface area contributed by atoms with E-state index in [2.05, 4.69) is 0 Å². The average Bonchev–Trinajstić information content (AvgIpc) is 2.37. The summed E-state index contributed by atoms with van der Waals surface area (Å²) in [5, 5.41) is 0. The summed E-state index contributed by atoms with van der Waals surface area (Å²) in [5.74, 6) is 0.760. The number of hydrogen-bond acceptors (Lipinski definition) is 3. The van der Waals surface area contributed by atoms with Crippen LogP contribution in [0.3, 0.4) is 0 Å². The molecule has 0 unspecified atom stereocenters. The van der Waals surface area contributed by atoms with E-state index in [0.717, 1.165) is 17.7 Å². The molecule has 2 rings (SSSR count). The first-order valence-electron chi connectivity index (χ1n) is 6.30. The summed E-state index contributed by atoms with van der Waals surface area (Å²) in [6.07, 6.45) is 2.59. The topological polar surface area (TPSA) is 57.2 Å². The molecule has 100 valence electrons. The summed E-state index contributed by atoms with van der Waals surface area (Å²) in [5.41, 5.74) is 7.36. The highest BCUT2D eigenvalue weighted by molar-refractivity contribution is 5.43. The molecule has 0 aliphatic carbocycles. The van der Waals surface area contributed by atoms with Crippen molar-refractivity contribution in [3.8, 4) is 5.75 Å². The first-order chi connectivity index (χ1) is 9.15. The fourth-order valence-electron chi connectivity index (χ4n) is 1.82. The van der Waals surface area contributed by atoms with Crippen LogP contribution in [0.2, 0.25) is 0 Å². The zero-order valence-corrected chi connectivity index (χ0v) is 11.0. The maximum atomic E-state index is 11.7. The van der Waals surface area contributed by atoms with Crippen LogP contribution in [-0.2, 0) is 6.54 Å². The van der Waals surface area contributed by atoms with Gasteiger partial charge in [0.2, 0.25) is 0 Å². The van der Waals surface area contributed by atoms with Crippen LogP contribution in [0.15, 0.2) is 47.4 Å². The molecule has 0 aliphatic heterocycles. The SMILES string of the molecule is Cc1ccn(CCCOc2cccc(N)c2)c(=O)c1. The lowest BCUT2D eigenvalue weighted by molar-refractivity contribution is 0.301.